The topological polar surface area (TPSA) is 70.0 Å². The third kappa shape index (κ3) is 2.44. The molecule has 1 amide bonds. The number of hydrogen-bond acceptors (Lipinski definition) is 5. The Kier molecular flexibility index (Phi) is 3.60. The molecule has 2 N–H and O–H groups in total. The molecule has 1 aliphatic heterocycles. The van der Waals surface area contributed by atoms with Gasteiger partial charge in [-0.15, -0.1) is 11.3 Å². The van der Waals surface area contributed by atoms with E-state index in [-0.39, 0.29) is 5.91 Å². The van der Waals surface area contributed by atoms with Crippen molar-refractivity contribution in [1.82, 2.24) is 4.90 Å². The molecule has 1 saturated heterocycles. The second kappa shape index (κ2) is 4.96. The zero-order chi connectivity index (χ0) is 11.5. The Morgan fingerprint density at radius 1 is 1.38 bits per heavy atom. The average Bonchev–Trinajstić information content (AvgIpc) is 2.78. The number of amides is 1. The van der Waals surface area contributed by atoms with E-state index in [1.54, 1.807) is 17.0 Å². The molecule has 0 atom stereocenters. The van der Waals surface area contributed by atoms with Crippen molar-refractivity contribution in [3.63, 3.8) is 0 Å². The van der Waals surface area contributed by atoms with Crippen molar-refractivity contribution >= 4 is 29.1 Å². The number of carbonyl (C=O) groups is 1. The van der Waals surface area contributed by atoms with Crippen LogP contribution in [0.15, 0.2) is 12.1 Å². The van der Waals surface area contributed by atoms with Crippen LogP contribution in [0.3, 0.4) is 0 Å². The van der Waals surface area contributed by atoms with Gasteiger partial charge in [-0.05, 0) is 6.07 Å². The zero-order valence-corrected chi connectivity index (χ0v) is 9.44. The maximum Gasteiger partial charge on any atom is 0.499 e. The standard InChI is InChI=1S/C9H12BNO4S/c12-9(11-3-5-15-6-4-11)7-1-2-8(16-7)10(13)14/h1-2,13-14H,3-6H2. The molecule has 0 bridgehead atoms. The van der Waals surface area contributed by atoms with Crippen LogP contribution in [-0.2, 0) is 4.74 Å². The predicted molar refractivity (Wildman–Crippen MR) is 60.9 cm³/mol. The first-order valence-corrected chi connectivity index (χ1v) is 5.83. The number of morpholine rings is 1. The van der Waals surface area contributed by atoms with Crippen molar-refractivity contribution in [2.45, 2.75) is 0 Å². The summed E-state index contributed by atoms with van der Waals surface area (Å²) in [5, 5.41) is 17.9. The molecule has 16 heavy (non-hydrogen) atoms. The molecule has 0 spiro atoms. The van der Waals surface area contributed by atoms with Gasteiger partial charge in [0.2, 0.25) is 0 Å². The van der Waals surface area contributed by atoms with Crippen LogP contribution in [0.2, 0.25) is 0 Å². The summed E-state index contributed by atoms with van der Waals surface area (Å²) in [5.41, 5.74) is 0. The van der Waals surface area contributed by atoms with E-state index in [2.05, 4.69) is 0 Å². The second-order valence-electron chi connectivity index (χ2n) is 3.48. The molecule has 86 valence electrons. The molecule has 2 heterocycles. The van der Waals surface area contributed by atoms with E-state index < -0.39 is 7.12 Å². The third-order valence-electron chi connectivity index (χ3n) is 2.39. The van der Waals surface area contributed by atoms with Gasteiger partial charge in [-0.3, -0.25) is 4.79 Å². The molecule has 0 aliphatic carbocycles. The van der Waals surface area contributed by atoms with Crippen LogP contribution in [0.4, 0.5) is 0 Å². The SMILES string of the molecule is O=C(c1ccc(B(O)O)s1)N1CCOCC1. The Bertz CT molecular complexity index is 375. The van der Waals surface area contributed by atoms with Crippen molar-refractivity contribution in [1.29, 1.82) is 0 Å². The highest BCUT2D eigenvalue weighted by molar-refractivity contribution is 7.23. The lowest BCUT2D eigenvalue weighted by Crippen LogP contribution is -2.40. The molecule has 1 aliphatic rings. The van der Waals surface area contributed by atoms with Crippen LogP contribution in [0.5, 0.6) is 0 Å². The maximum atomic E-state index is 12.0. The summed E-state index contributed by atoms with van der Waals surface area (Å²) in [7, 11) is -1.50. The lowest BCUT2D eigenvalue weighted by atomic mass is 9.90. The fourth-order valence-electron chi connectivity index (χ4n) is 1.53. The van der Waals surface area contributed by atoms with Crippen LogP contribution in [0.1, 0.15) is 9.67 Å². The fourth-order valence-corrected chi connectivity index (χ4v) is 2.38. The zero-order valence-electron chi connectivity index (χ0n) is 8.63. The lowest BCUT2D eigenvalue weighted by Gasteiger charge is -2.26. The van der Waals surface area contributed by atoms with Gasteiger partial charge in [0.1, 0.15) is 0 Å². The van der Waals surface area contributed by atoms with Gasteiger partial charge in [0.05, 0.1) is 18.1 Å². The van der Waals surface area contributed by atoms with Crippen LogP contribution in [-0.4, -0.2) is 54.3 Å². The minimum Gasteiger partial charge on any atom is -0.423 e. The molecule has 0 aromatic carbocycles. The van der Waals surface area contributed by atoms with Gasteiger partial charge in [-0.2, -0.15) is 0 Å². The number of carbonyl (C=O) groups excluding carboxylic acids is 1. The molecule has 5 nitrogen and oxygen atoms in total. The summed E-state index contributed by atoms with van der Waals surface area (Å²) in [6.45, 7) is 2.31. The van der Waals surface area contributed by atoms with Crippen LogP contribution >= 0.6 is 11.3 Å². The predicted octanol–water partition coefficient (Wildman–Crippen LogP) is -1.10. The molecule has 0 unspecified atom stereocenters. The van der Waals surface area contributed by atoms with E-state index in [0.717, 1.165) is 11.3 Å². The van der Waals surface area contributed by atoms with Gasteiger partial charge in [-0.1, -0.05) is 6.07 Å². The molecule has 0 radical (unpaired) electrons. The number of rotatable bonds is 2. The lowest BCUT2D eigenvalue weighted by molar-refractivity contribution is 0.0306. The summed E-state index contributed by atoms with van der Waals surface area (Å²) < 4.78 is 5.54. The normalized spacial score (nSPS) is 16.2. The van der Waals surface area contributed by atoms with Crippen molar-refractivity contribution < 1.29 is 19.6 Å². The second-order valence-corrected chi connectivity index (χ2v) is 4.60. The molecular weight excluding hydrogens is 229 g/mol. The fraction of sp³-hybridized carbons (Fsp3) is 0.444. The van der Waals surface area contributed by atoms with Gasteiger partial charge in [0.15, 0.2) is 0 Å². The Morgan fingerprint density at radius 2 is 2.06 bits per heavy atom. The minimum atomic E-state index is -1.50. The van der Waals surface area contributed by atoms with Gasteiger partial charge in [0, 0.05) is 17.9 Å². The first-order valence-electron chi connectivity index (χ1n) is 5.01. The van der Waals surface area contributed by atoms with Crippen molar-refractivity contribution in [3.8, 4) is 0 Å². The Balaban J connectivity index is 2.07. The minimum absolute atomic E-state index is 0.0693. The number of nitrogens with zero attached hydrogens (tertiary/aromatic N) is 1. The summed E-state index contributed by atoms with van der Waals surface area (Å²) in [6, 6.07) is 3.18. The summed E-state index contributed by atoms with van der Waals surface area (Å²) in [5.74, 6) is -0.0693. The van der Waals surface area contributed by atoms with Crippen molar-refractivity contribution in [2.75, 3.05) is 26.3 Å². The third-order valence-corrected chi connectivity index (χ3v) is 3.50. The molecule has 0 saturated carbocycles. The first-order chi connectivity index (χ1) is 7.68. The highest BCUT2D eigenvalue weighted by atomic mass is 32.1. The summed E-state index contributed by atoms with van der Waals surface area (Å²) in [4.78, 5) is 14.2. The first kappa shape index (κ1) is 11.6. The highest BCUT2D eigenvalue weighted by Crippen LogP contribution is 2.12. The van der Waals surface area contributed by atoms with E-state index in [1.165, 1.54) is 0 Å². The molecular formula is C9H12BNO4S. The van der Waals surface area contributed by atoms with E-state index in [1.807, 2.05) is 0 Å². The Labute approximate surface area is 97.4 Å². The van der Waals surface area contributed by atoms with Crippen LogP contribution in [0, 0.1) is 0 Å². The van der Waals surface area contributed by atoms with Crippen molar-refractivity contribution in [2.24, 2.45) is 0 Å². The monoisotopic (exact) mass is 241 g/mol. The number of ether oxygens (including phenoxy) is 1. The van der Waals surface area contributed by atoms with Crippen molar-refractivity contribution in [3.05, 3.63) is 17.0 Å². The van der Waals surface area contributed by atoms with Gasteiger partial charge < -0.3 is 19.7 Å². The van der Waals surface area contributed by atoms with E-state index >= 15 is 0 Å². The Morgan fingerprint density at radius 3 is 2.62 bits per heavy atom. The van der Waals surface area contributed by atoms with E-state index in [4.69, 9.17) is 14.8 Å². The molecule has 1 aromatic heterocycles. The number of thiophene rings is 1. The van der Waals surface area contributed by atoms with Gasteiger partial charge >= 0.3 is 7.12 Å². The molecule has 7 heteroatoms. The smallest absolute Gasteiger partial charge is 0.423 e. The Hall–Kier alpha value is -0.885. The molecule has 1 aromatic rings. The van der Waals surface area contributed by atoms with Gasteiger partial charge in [-0.25, -0.2) is 0 Å². The van der Waals surface area contributed by atoms with Gasteiger partial charge in [0.25, 0.3) is 5.91 Å². The molecule has 1 fully saturated rings. The quantitative estimate of drug-likeness (QED) is 0.645. The van der Waals surface area contributed by atoms with Crippen LogP contribution in [0.25, 0.3) is 0 Å². The van der Waals surface area contributed by atoms with Crippen LogP contribution < -0.4 is 4.78 Å². The largest absolute Gasteiger partial charge is 0.499 e. The number of hydrogen-bond donors (Lipinski definition) is 2. The average molecular weight is 241 g/mol. The maximum absolute atomic E-state index is 12.0. The van der Waals surface area contributed by atoms with E-state index in [9.17, 15) is 4.79 Å². The summed E-state index contributed by atoms with van der Waals surface area (Å²) in [6.07, 6.45) is 0. The highest BCUT2D eigenvalue weighted by Gasteiger charge is 2.22. The van der Waals surface area contributed by atoms with E-state index in [0.29, 0.717) is 36.0 Å². The molecule has 2 rings (SSSR count). The summed E-state index contributed by atoms with van der Waals surface area (Å²) >= 11 is 1.11.